The normalized spacial score (nSPS) is 25.7. The third-order valence-corrected chi connectivity index (χ3v) is 13.4. The summed E-state index contributed by atoms with van der Waals surface area (Å²) in [4.78, 5) is 32.3. The zero-order valence-corrected chi connectivity index (χ0v) is 37.1. The fraction of sp³-hybridized carbons (Fsp3) is 0.574. The molecule has 1 unspecified atom stereocenters. The first-order valence-corrected chi connectivity index (χ1v) is 21.3. The van der Waals surface area contributed by atoms with E-state index in [0.717, 1.165) is 46.7 Å². The predicted octanol–water partition coefficient (Wildman–Crippen LogP) is 5.40. The number of guanidine groups is 1. The number of rotatable bonds is 15. The van der Waals surface area contributed by atoms with Crippen LogP contribution in [0.1, 0.15) is 63.5 Å². The summed E-state index contributed by atoms with van der Waals surface area (Å²) in [6.07, 6.45) is 0.676. The summed E-state index contributed by atoms with van der Waals surface area (Å²) >= 11 is 0. The van der Waals surface area contributed by atoms with E-state index in [2.05, 4.69) is 49.6 Å². The van der Waals surface area contributed by atoms with Gasteiger partial charge in [0.05, 0.1) is 26.3 Å². The van der Waals surface area contributed by atoms with E-state index in [1.807, 2.05) is 106 Å². The second-order valence-electron chi connectivity index (χ2n) is 18.3. The van der Waals surface area contributed by atoms with Gasteiger partial charge < -0.3 is 35.0 Å². The lowest BCUT2D eigenvalue weighted by Crippen LogP contribution is -2.62. The van der Waals surface area contributed by atoms with Crippen LogP contribution in [-0.2, 0) is 22.6 Å². The Morgan fingerprint density at radius 2 is 1.71 bits per heavy atom. The van der Waals surface area contributed by atoms with Gasteiger partial charge in [0.2, 0.25) is 5.91 Å². The molecule has 7 rings (SSSR count). The Hall–Kier alpha value is -4.20. The topological polar surface area (TPSA) is 125 Å². The number of amides is 1. The molecule has 4 N–H and O–H groups in total. The Bertz CT molecular complexity index is 1910. The molecule has 1 heterocycles. The highest BCUT2D eigenvalue weighted by Gasteiger charge is 2.57. The molecule has 3 saturated carbocycles. The van der Waals surface area contributed by atoms with Crippen molar-refractivity contribution in [3.8, 4) is 16.9 Å². The number of hydrogen-bond acceptors (Lipinski definition) is 9. The number of nitrogens with zero attached hydrogens (tertiary/aromatic N) is 5. The average Bonchev–Trinajstić information content (AvgIpc) is 3.56. The molecule has 1 aliphatic heterocycles. The predicted molar refractivity (Wildman–Crippen MR) is 236 cm³/mol. The standard InChI is InChI=1S/C47H69N7O5/c1-29-38-25-35(47(38,3)4)26-39(29)50-45(57)42-41(30(2)55)40(27-49-46(52(7)8)53(9)10)59-54(42)28-32-18-15-19-37(43(32)58-11)33-22-34(24-36(23-33)51(5)6)44(56)48-21-20-31-16-13-12-14-17-31/h12-19,22-24,29-30,35,38-42,44,48,55-56H,20-21,25-28H2,1-11H3,(H,50,57)/t29-,30-,35+,38-,39-,40-,41+,42-,44?/m0/s1. The van der Waals surface area contributed by atoms with Crippen LogP contribution in [0.25, 0.3) is 11.1 Å². The number of carbonyl (C=O) groups is 1. The molecule has 9 atom stereocenters. The molecule has 0 radical (unpaired) electrons. The van der Waals surface area contributed by atoms with E-state index >= 15 is 0 Å². The fourth-order valence-corrected chi connectivity index (χ4v) is 10.0. The molecule has 0 aromatic heterocycles. The van der Waals surface area contributed by atoms with Crippen molar-refractivity contribution in [1.29, 1.82) is 0 Å². The molecule has 59 heavy (non-hydrogen) atoms. The SMILES string of the molecule is COc1c(CN2O[C@@H](CN=C(N(C)C)N(C)C)[C@@H]([C@H](C)O)[C@H]2C(=O)N[C@H]2C[C@H]3C[C@@H]([C@@H]2C)C3(C)C)cccc1-c1cc(C(O)NCCc2ccccc2)cc(N(C)C)c1. The Labute approximate surface area is 352 Å². The molecule has 322 valence electrons. The van der Waals surface area contributed by atoms with Crippen LogP contribution in [0.4, 0.5) is 5.69 Å². The molecule has 12 nitrogen and oxygen atoms in total. The zero-order valence-electron chi connectivity index (χ0n) is 37.1. The lowest BCUT2D eigenvalue weighted by molar-refractivity contribution is -0.175. The number of hydrogen-bond donors (Lipinski definition) is 4. The summed E-state index contributed by atoms with van der Waals surface area (Å²) in [5.41, 5.74) is 5.72. The average molecular weight is 812 g/mol. The van der Waals surface area contributed by atoms with Crippen LogP contribution >= 0.6 is 0 Å². The summed E-state index contributed by atoms with van der Waals surface area (Å²) < 4.78 is 6.20. The number of methoxy groups -OCH3 is 1. The number of aliphatic hydroxyl groups excluding tert-OH is 2. The van der Waals surface area contributed by atoms with Gasteiger partial charge in [-0.1, -0.05) is 69.3 Å². The molecule has 4 aliphatic rings. The Balaban J connectivity index is 1.31. The third kappa shape index (κ3) is 9.57. The van der Waals surface area contributed by atoms with E-state index in [1.54, 1.807) is 19.1 Å². The summed E-state index contributed by atoms with van der Waals surface area (Å²) in [5.74, 6) is 2.23. The van der Waals surface area contributed by atoms with Crippen molar-refractivity contribution in [2.24, 2.45) is 34.1 Å². The van der Waals surface area contributed by atoms with E-state index in [1.165, 1.54) is 12.0 Å². The molecule has 0 spiro atoms. The number of benzene rings is 3. The Morgan fingerprint density at radius 1 is 1.00 bits per heavy atom. The van der Waals surface area contributed by atoms with Crippen LogP contribution in [0, 0.1) is 29.1 Å². The van der Waals surface area contributed by atoms with Gasteiger partial charge in [0.25, 0.3) is 0 Å². The molecular weight excluding hydrogens is 743 g/mol. The van der Waals surface area contributed by atoms with Crippen molar-refractivity contribution in [1.82, 2.24) is 25.5 Å². The number of nitrogens with one attached hydrogen (secondary N) is 2. The van der Waals surface area contributed by atoms with Gasteiger partial charge in [-0.2, -0.15) is 5.06 Å². The lowest BCUT2D eigenvalue weighted by atomic mass is 9.45. The first-order valence-electron chi connectivity index (χ1n) is 21.3. The van der Waals surface area contributed by atoms with E-state index in [-0.39, 0.29) is 30.5 Å². The number of aliphatic imine (C=N–C) groups is 1. The first-order chi connectivity index (χ1) is 28.0. The summed E-state index contributed by atoms with van der Waals surface area (Å²) in [6, 6.07) is 21.6. The Morgan fingerprint density at radius 3 is 2.32 bits per heavy atom. The van der Waals surface area contributed by atoms with Crippen molar-refractivity contribution in [2.75, 3.05) is 67.4 Å². The smallest absolute Gasteiger partial charge is 0.240 e. The molecule has 3 aromatic rings. The minimum absolute atomic E-state index is 0.0566. The molecule has 2 bridgehead atoms. The fourth-order valence-electron chi connectivity index (χ4n) is 10.0. The van der Waals surface area contributed by atoms with Gasteiger partial charge in [0.15, 0.2) is 5.96 Å². The number of hydroxylamine groups is 2. The van der Waals surface area contributed by atoms with Gasteiger partial charge in [-0.3, -0.25) is 19.9 Å². The van der Waals surface area contributed by atoms with Gasteiger partial charge in [-0.05, 0) is 84.2 Å². The van der Waals surface area contributed by atoms with Gasteiger partial charge >= 0.3 is 0 Å². The van der Waals surface area contributed by atoms with Crippen molar-refractivity contribution >= 4 is 17.6 Å². The van der Waals surface area contributed by atoms with E-state index in [0.29, 0.717) is 30.0 Å². The van der Waals surface area contributed by atoms with E-state index in [9.17, 15) is 15.0 Å². The van der Waals surface area contributed by atoms with Crippen LogP contribution in [0.15, 0.2) is 71.7 Å². The number of anilines is 1. The number of fused-ring (bicyclic) bond motifs is 2. The minimum Gasteiger partial charge on any atom is -0.496 e. The van der Waals surface area contributed by atoms with Crippen LogP contribution in [0.5, 0.6) is 5.75 Å². The highest BCUT2D eigenvalue weighted by molar-refractivity contribution is 5.83. The molecule has 3 aromatic carbocycles. The summed E-state index contributed by atoms with van der Waals surface area (Å²) in [5, 5.41) is 31.3. The minimum atomic E-state index is -0.884. The number of ether oxygens (including phenoxy) is 1. The van der Waals surface area contributed by atoms with Crippen molar-refractivity contribution < 1.29 is 24.6 Å². The van der Waals surface area contributed by atoms with Crippen molar-refractivity contribution in [3.05, 3.63) is 83.4 Å². The number of para-hydroxylation sites is 1. The van der Waals surface area contributed by atoms with Gasteiger partial charge in [-0.25, -0.2) is 0 Å². The maximum Gasteiger partial charge on any atom is 0.240 e. The van der Waals surface area contributed by atoms with Crippen LogP contribution in [-0.4, -0.2) is 124 Å². The molecule has 4 fully saturated rings. The summed E-state index contributed by atoms with van der Waals surface area (Å²) in [7, 11) is 13.4. The largest absolute Gasteiger partial charge is 0.496 e. The van der Waals surface area contributed by atoms with Gasteiger partial charge in [0, 0.05) is 77.6 Å². The highest BCUT2D eigenvalue weighted by atomic mass is 16.7. The maximum absolute atomic E-state index is 14.7. The number of aliphatic hydroxyl groups is 2. The monoisotopic (exact) mass is 812 g/mol. The molecular formula is C47H69N7O5. The zero-order chi connectivity index (χ0) is 42.8. The van der Waals surface area contributed by atoms with Crippen molar-refractivity contribution in [3.63, 3.8) is 0 Å². The van der Waals surface area contributed by atoms with Gasteiger partial charge in [0.1, 0.15) is 24.1 Å². The van der Waals surface area contributed by atoms with Crippen LogP contribution in [0.2, 0.25) is 0 Å². The molecule has 12 heteroatoms. The second kappa shape index (κ2) is 18.6. The Kier molecular flexibility index (Phi) is 14.0. The lowest BCUT2D eigenvalue weighted by Gasteiger charge is -2.62. The van der Waals surface area contributed by atoms with Crippen LogP contribution < -0.4 is 20.3 Å². The third-order valence-electron chi connectivity index (χ3n) is 13.4. The van der Waals surface area contributed by atoms with Crippen molar-refractivity contribution in [2.45, 2.75) is 84.0 Å². The van der Waals surface area contributed by atoms with Crippen LogP contribution in [0.3, 0.4) is 0 Å². The maximum atomic E-state index is 14.7. The molecule has 3 aliphatic carbocycles. The molecule has 1 saturated heterocycles. The van der Waals surface area contributed by atoms with Gasteiger partial charge in [-0.15, -0.1) is 0 Å². The second-order valence-corrected chi connectivity index (χ2v) is 18.3. The first kappa shape index (κ1) is 44.4. The highest BCUT2D eigenvalue weighted by Crippen LogP contribution is 2.61. The van der Waals surface area contributed by atoms with E-state index in [4.69, 9.17) is 14.6 Å². The summed E-state index contributed by atoms with van der Waals surface area (Å²) in [6.45, 7) is 9.85. The quantitative estimate of drug-likeness (QED) is 0.0902. The number of carbonyl (C=O) groups excluding carboxylic acids is 1. The van der Waals surface area contributed by atoms with E-state index < -0.39 is 30.4 Å². The molecule has 1 amide bonds.